The molecule has 0 unspecified atom stereocenters. The highest BCUT2D eigenvalue weighted by molar-refractivity contribution is 7.80. The molecule has 0 aliphatic carbocycles. The first-order chi connectivity index (χ1) is 15.7. The van der Waals surface area contributed by atoms with Gasteiger partial charge >= 0.3 is 6.18 Å². The summed E-state index contributed by atoms with van der Waals surface area (Å²) in [5, 5.41) is 8.74. The Labute approximate surface area is 194 Å². The Balaban J connectivity index is 1.62. The normalized spacial score (nSPS) is 19.1. The fourth-order valence-corrected chi connectivity index (χ4v) is 4.24. The van der Waals surface area contributed by atoms with E-state index in [1.807, 2.05) is 24.3 Å². The first kappa shape index (κ1) is 23.1. The molecule has 2 heterocycles. The maximum Gasteiger partial charge on any atom is 0.418 e. The van der Waals surface area contributed by atoms with Crippen molar-refractivity contribution >= 4 is 34.6 Å². The van der Waals surface area contributed by atoms with Gasteiger partial charge in [0.25, 0.3) is 5.91 Å². The number of nitrogens with zero attached hydrogens (tertiary/aromatic N) is 1. The van der Waals surface area contributed by atoms with Crippen molar-refractivity contribution < 1.29 is 22.7 Å². The summed E-state index contributed by atoms with van der Waals surface area (Å²) in [7, 11) is 0. The van der Waals surface area contributed by atoms with Gasteiger partial charge in [-0.1, -0.05) is 24.3 Å². The van der Waals surface area contributed by atoms with Crippen molar-refractivity contribution in [3.63, 3.8) is 0 Å². The molecular formula is C23H23F3N4O2S. The number of amides is 1. The molecule has 2 aromatic rings. The van der Waals surface area contributed by atoms with E-state index in [1.165, 1.54) is 18.2 Å². The molecule has 0 aromatic heterocycles. The zero-order valence-corrected chi connectivity index (χ0v) is 18.6. The Morgan fingerprint density at radius 2 is 1.79 bits per heavy atom. The second-order valence-corrected chi connectivity index (χ2v) is 8.17. The van der Waals surface area contributed by atoms with Gasteiger partial charge in [0.1, 0.15) is 0 Å². The number of carbonyl (C=O) groups excluding carboxylic acids is 1. The molecule has 33 heavy (non-hydrogen) atoms. The van der Waals surface area contributed by atoms with Crippen LogP contribution in [-0.4, -0.2) is 37.3 Å². The number of hydrogen-bond donors (Lipinski definition) is 3. The molecule has 174 valence electrons. The van der Waals surface area contributed by atoms with Crippen molar-refractivity contribution in [3.05, 3.63) is 70.9 Å². The zero-order valence-electron chi connectivity index (χ0n) is 17.8. The number of anilines is 2. The second kappa shape index (κ2) is 9.40. The van der Waals surface area contributed by atoms with Crippen LogP contribution in [0, 0.1) is 0 Å². The Morgan fingerprint density at radius 1 is 1.12 bits per heavy atom. The quantitative estimate of drug-likeness (QED) is 0.581. The van der Waals surface area contributed by atoms with Crippen molar-refractivity contribution in [2.45, 2.75) is 19.1 Å². The Kier molecular flexibility index (Phi) is 6.57. The molecule has 1 amide bonds. The monoisotopic (exact) mass is 476 g/mol. The zero-order chi connectivity index (χ0) is 23.6. The minimum Gasteiger partial charge on any atom is -0.378 e. The van der Waals surface area contributed by atoms with E-state index in [0.29, 0.717) is 24.0 Å². The Morgan fingerprint density at radius 3 is 2.45 bits per heavy atom. The molecule has 0 bridgehead atoms. The fourth-order valence-electron chi connectivity index (χ4n) is 3.97. The van der Waals surface area contributed by atoms with Crippen LogP contribution < -0.4 is 20.9 Å². The molecule has 4 rings (SSSR count). The van der Waals surface area contributed by atoms with E-state index in [2.05, 4.69) is 20.9 Å². The van der Waals surface area contributed by atoms with Gasteiger partial charge in [0.2, 0.25) is 0 Å². The van der Waals surface area contributed by atoms with Crippen LogP contribution in [0.1, 0.15) is 24.1 Å². The standard InChI is InChI=1S/C23H23F3N4O2S/c1-14-19(21(31)28-18-5-3-2-4-17(18)23(24,25)26)20(29-22(33)27-14)15-6-8-16(9-7-15)30-10-12-32-13-11-30/h2-9,20H,10-13H2,1H3,(H,28,31)(H2,27,29,33)/t20-/m0/s1. The van der Waals surface area contributed by atoms with Crippen molar-refractivity contribution in [3.8, 4) is 0 Å². The first-order valence-corrected chi connectivity index (χ1v) is 10.8. The van der Waals surface area contributed by atoms with Gasteiger partial charge in [-0.2, -0.15) is 13.2 Å². The van der Waals surface area contributed by atoms with Crippen LogP contribution in [0.2, 0.25) is 0 Å². The number of halogens is 3. The lowest BCUT2D eigenvalue weighted by molar-refractivity contribution is -0.137. The van der Waals surface area contributed by atoms with Gasteiger partial charge < -0.3 is 25.6 Å². The topological polar surface area (TPSA) is 65.6 Å². The second-order valence-electron chi connectivity index (χ2n) is 7.76. The van der Waals surface area contributed by atoms with Crippen molar-refractivity contribution in [2.75, 3.05) is 36.5 Å². The van der Waals surface area contributed by atoms with Gasteiger partial charge in [-0.05, 0) is 49.0 Å². The molecule has 0 saturated carbocycles. The number of morpholine rings is 1. The smallest absolute Gasteiger partial charge is 0.378 e. The summed E-state index contributed by atoms with van der Waals surface area (Å²) < 4.78 is 45.5. The molecule has 10 heteroatoms. The van der Waals surface area contributed by atoms with Crippen molar-refractivity contribution in [1.82, 2.24) is 10.6 Å². The Bertz CT molecular complexity index is 1080. The minimum atomic E-state index is -4.59. The lowest BCUT2D eigenvalue weighted by Crippen LogP contribution is -2.45. The van der Waals surface area contributed by atoms with Crippen LogP contribution in [0.25, 0.3) is 0 Å². The third kappa shape index (κ3) is 5.12. The van der Waals surface area contributed by atoms with Crippen LogP contribution in [0.4, 0.5) is 24.5 Å². The van der Waals surface area contributed by atoms with Crippen LogP contribution in [0.3, 0.4) is 0 Å². The number of hydrogen-bond acceptors (Lipinski definition) is 4. The minimum absolute atomic E-state index is 0.264. The van der Waals surface area contributed by atoms with Crippen molar-refractivity contribution in [1.29, 1.82) is 0 Å². The molecular weight excluding hydrogens is 453 g/mol. The fraction of sp³-hybridized carbons (Fsp3) is 0.304. The highest BCUT2D eigenvalue weighted by Crippen LogP contribution is 2.36. The molecule has 1 atom stereocenters. The molecule has 1 saturated heterocycles. The third-order valence-electron chi connectivity index (χ3n) is 5.60. The molecule has 1 fully saturated rings. The lowest BCUT2D eigenvalue weighted by Gasteiger charge is -2.32. The third-order valence-corrected chi connectivity index (χ3v) is 5.82. The predicted octanol–water partition coefficient (Wildman–Crippen LogP) is 3.97. The number of carbonyl (C=O) groups is 1. The van der Waals surface area contributed by atoms with E-state index in [4.69, 9.17) is 17.0 Å². The van der Waals surface area contributed by atoms with Gasteiger partial charge in [0, 0.05) is 24.5 Å². The summed E-state index contributed by atoms with van der Waals surface area (Å²) in [5.74, 6) is -0.644. The number of ether oxygens (including phenoxy) is 1. The summed E-state index contributed by atoms with van der Waals surface area (Å²) in [4.78, 5) is 15.4. The van der Waals surface area contributed by atoms with E-state index >= 15 is 0 Å². The van der Waals surface area contributed by atoms with E-state index in [9.17, 15) is 18.0 Å². The van der Waals surface area contributed by atoms with Crippen LogP contribution in [0.15, 0.2) is 59.8 Å². The number of nitrogens with one attached hydrogen (secondary N) is 3. The van der Waals surface area contributed by atoms with Gasteiger partial charge in [0.15, 0.2) is 5.11 Å². The van der Waals surface area contributed by atoms with Crippen LogP contribution in [0.5, 0.6) is 0 Å². The molecule has 2 aliphatic rings. The Hall–Kier alpha value is -3.11. The summed E-state index contributed by atoms with van der Waals surface area (Å²) in [5.41, 5.74) is 1.33. The average Bonchev–Trinajstić information content (AvgIpc) is 2.79. The van der Waals surface area contributed by atoms with E-state index in [0.717, 1.165) is 30.4 Å². The lowest BCUT2D eigenvalue weighted by atomic mass is 9.94. The van der Waals surface area contributed by atoms with E-state index < -0.39 is 23.7 Å². The molecule has 0 spiro atoms. The predicted molar refractivity (Wildman–Crippen MR) is 124 cm³/mol. The molecule has 0 radical (unpaired) electrons. The SMILES string of the molecule is CC1=C(C(=O)Nc2ccccc2C(F)(F)F)[C@H](c2ccc(N3CCOCC3)cc2)NC(=S)N1. The first-order valence-electron chi connectivity index (χ1n) is 10.4. The molecule has 2 aliphatic heterocycles. The van der Waals surface area contributed by atoms with Gasteiger partial charge in [-0.15, -0.1) is 0 Å². The van der Waals surface area contributed by atoms with Crippen LogP contribution in [-0.2, 0) is 15.7 Å². The summed E-state index contributed by atoms with van der Waals surface area (Å²) in [6.07, 6.45) is -4.59. The highest BCUT2D eigenvalue weighted by atomic mass is 32.1. The van der Waals surface area contributed by atoms with Gasteiger partial charge in [-0.3, -0.25) is 4.79 Å². The summed E-state index contributed by atoms with van der Waals surface area (Å²) >= 11 is 5.27. The highest BCUT2D eigenvalue weighted by Gasteiger charge is 2.35. The number of rotatable bonds is 4. The van der Waals surface area contributed by atoms with Crippen LogP contribution >= 0.6 is 12.2 Å². The number of allylic oxidation sites excluding steroid dienone is 1. The summed E-state index contributed by atoms with van der Waals surface area (Å²) in [6, 6.07) is 12.0. The number of alkyl halides is 3. The van der Waals surface area contributed by atoms with Crippen molar-refractivity contribution in [2.24, 2.45) is 0 Å². The molecule has 6 nitrogen and oxygen atoms in total. The maximum atomic E-state index is 13.4. The molecule has 2 aromatic carbocycles. The number of para-hydroxylation sites is 1. The average molecular weight is 477 g/mol. The van der Waals surface area contributed by atoms with Gasteiger partial charge in [0.05, 0.1) is 36.1 Å². The van der Waals surface area contributed by atoms with Gasteiger partial charge in [-0.25, -0.2) is 0 Å². The maximum absolute atomic E-state index is 13.4. The van der Waals surface area contributed by atoms with E-state index in [1.54, 1.807) is 6.92 Å². The summed E-state index contributed by atoms with van der Waals surface area (Å²) in [6.45, 7) is 4.59. The van der Waals surface area contributed by atoms with E-state index in [-0.39, 0.29) is 11.3 Å². The number of thiocarbonyl (C=S) groups is 1. The number of benzene rings is 2. The molecule has 3 N–H and O–H groups in total. The largest absolute Gasteiger partial charge is 0.418 e.